The Hall–Kier alpha value is -2.04. The largest absolute Gasteiger partial charge is 0.493 e. The number of likely N-dealkylation sites (tertiary alicyclic amines) is 1. The number of benzene rings is 1. The molecule has 2 aliphatic heterocycles. The van der Waals surface area contributed by atoms with Crippen molar-refractivity contribution in [1.29, 1.82) is 0 Å². The van der Waals surface area contributed by atoms with Crippen molar-refractivity contribution in [3.05, 3.63) is 29.3 Å². The Labute approximate surface area is 123 Å². The smallest absolute Gasteiger partial charge is 0.308 e. The minimum atomic E-state index is -0.170. The van der Waals surface area contributed by atoms with Crippen LogP contribution in [-0.4, -0.2) is 43.6 Å². The van der Waals surface area contributed by atoms with Gasteiger partial charge in [0.2, 0.25) is 0 Å². The second-order valence-electron chi connectivity index (χ2n) is 5.51. The van der Waals surface area contributed by atoms with Crippen molar-refractivity contribution < 1.29 is 19.1 Å². The van der Waals surface area contributed by atoms with Gasteiger partial charge in [-0.1, -0.05) is 0 Å². The molecule has 0 aromatic heterocycles. The van der Waals surface area contributed by atoms with Crippen molar-refractivity contribution in [2.24, 2.45) is 5.92 Å². The molecule has 21 heavy (non-hydrogen) atoms. The summed E-state index contributed by atoms with van der Waals surface area (Å²) in [7, 11) is 1.41. The minimum absolute atomic E-state index is 0.0352. The number of esters is 1. The summed E-state index contributed by atoms with van der Waals surface area (Å²) >= 11 is 0. The first kappa shape index (κ1) is 13.9. The summed E-state index contributed by atoms with van der Waals surface area (Å²) in [5, 5.41) is 0. The van der Waals surface area contributed by atoms with Gasteiger partial charge in [0.25, 0.3) is 5.91 Å². The molecular weight excluding hydrogens is 270 g/mol. The van der Waals surface area contributed by atoms with Gasteiger partial charge in [0.1, 0.15) is 5.75 Å². The van der Waals surface area contributed by atoms with Crippen LogP contribution in [0.1, 0.15) is 28.8 Å². The maximum atomic E-state index is 12.5. The fraction of sp³-hybridized carbons (Fsp3) is 0.500. The van der Waals surface area contributed by atoms with Crippen molar-refractivity contribution in [2.75, 3.05) is 26.8 Å². The van der Waals surface area contributed by atoms with Crippen LogP contribution in [0.15, 0.2) is 18.2 Å². The van der Waals surface area contributed by atoms with E-state index in [1.54, 1.807) is 0 Å². The average molecular weight is 289 g/mol. The van der Waals surface area contributed by atoms with Gasteiger partial charge >= 0.3 is 5.97 Å². The first-order valence-electron chi connectivity index (χ1n) is 7.32. The molecule has 1 saturated heterocycles. The third-order valence-electron chi connectivity index (χ3n) is 4.25. The molecule has 0 unspecified atom stereocenters. The van der Waals surface area contributed by atoms with Gasteiger partial charge in [-0.25, -0.2) is 0 Å². The molecule has 0 spiro atoms. The second-order valence-corrected chi connectivity index (χ2v) is 5.51. The number of hydrogen-bond donors (Lipinski definition) is 0. The van der Waals surface area contributed by atoms with Gasteiger partial charge in [-0.05, 0) is 36.6 Å². The van der Waals surface area contributed by atoms with Gasteiger partial charge in [0.15, 0.2) is 0 Å². The Bertz CT molecular complexity index is 561. The Balaban J connectivity index is 1.65. The van der Waals surface area contributed by atoms with Crippen LogP contribution in [0.3, 0.4) is 0 Å². The fourth-order valence-corrected chi connectivity index (χ4v) is 2.99. The number of hydrogen-bond acceptors (Lipinski definition) is 4. The predicted octanol–water partition coefficient (Wildman–Crippen LogP) is 1.65. The lowest BCUT2D eigenvalue weighted by atomic mass is 9.96. The topological polar surface area (TPSA) is 55.8 Å². The number of piperidine rings is 1. The van der Waals surface area contributed by atoms with E-state index in [1.165, 1.54) is 7.11 Å². The van der Waals surface area contributed by atoms with E-state index in [4.69, 9.17) is 9.47 Å². The van der Waals surface area contributed by atoms with E-state index in [2.05, 4.69) is 0 Å². The first-order chi connectivity index (χ1) is 10.2. The van der Waals surface area contributed by atoms with Crippen molar-refractivity contribution in [3.63, 3.8) is 0 Å². The van der Waals surface area contributed by atoms with E-state index >= 15 is 0 Å². The third-order valence-corrected chi connectivity index (χ3v) is 4.25. The van der Waals surface area contributed by atoms with Gasteiger partial charge in [-0.2, -0.15) is 0 Å². The molecule has 1 fully saturated rings. The van der Waals surface area contributed by atoms with E-state index in [1.807, 2.05) is 23.1 Å². The Morgan fingerprint density at radius 1 is 1.29 bits per heavy atom. The van der Waals surface area contributed by atoms with Gasteiger partial charge in [-0.3, -0.25) is 9.59 Å². The Kier molecular flexibility index (Phi) is 3.82. The summed E-state index contributed by atoms with van der Waals surface area (Å²) in [6.07, 6.45) is 2.21. The highest BCUT2D eigenvalue weighted by molar-refractivity contribution is 5.94. The molecule has 1 aromatic rings. The average Bonchev–Trinajstić information content (AvgIpc) is 3.01. The van der Waals surface area contributed by atoms with Crippen molar-refractivity contribution in [1.82, 2.24) is 4.90 Å². The molecule has 0 saturated carbocycles. The molecule has 0 radical (unpaired) electrons. The van der Waals surface area contributed by atoms with Crippen molar-refractivity contribution in [3.8, 4) is 5.75 Å². The van der Waals surface area contributed by atoms with Crippen molar-refractivity contribution in [2.45, 2.75) is 19.3 Å². The summed E-state index contributed by atoms with van der Waals surface area (Å²) < 4.78 is 10.2. The Morgan fingerprint density at radius 3 is 2.76 bits per heavy atom. The molecule has 5 nitrogen and oxygen atoms in total. The summed E-state index contributed by atoms with van der Waals surface area (Å²) in [6, 6.07) is 5.62. The third kappa shape index (κ3) is 2.73. The molecule has 1 amide bonds. The van der Waals surface area contributed by atoms with Crippen LogP contribution in [0.2, 0.25) is 0 Å². The van der Waals surface area contributed by atoms with Crippen LogP contribution in [0.25, 0.3) is 0 Å². The normalized spacial score (nSPS) is 18.0. The lowest BCUT2D eigenvalue weighted by Gasteiger charge is -2.30. The van der Waals surface area contributed by atoms with Gasteiger partial charge in [-0.15, -0.1) is 0 Å². The maximum Gasteiger partial charge on any atom is 0.308 e. The number of ether oxygens (including phenoxy) is 2. The fourth-order valence-electron chi connectivity index (χ4n) is 2.99. The second kappa shape index (κ2) is 5.76. The molecule has 112 valence electrons. The number of carbonyl (C=O) groups is 2. The van der Waals surface area contributed by atoms with E-state index in [0.29, 0.717) is 38.1 Å². The van der Waals surface area contributed by atoms with Crippen LogP contribution in [0, 0.1) is 5.92 Å². The van der Waals surface area contributed by atoms with Gasteiger partial charge < -0.3 is 14.4 Å². The zero-order valence-corrected chi connectivity index (χ0v) is 12.1. The zero-order chi connectivity index (χ0) is 14.8. The maximum absolute atomic E-state index is 12.5. The molecule has 1 aromatic carbocycles. The highest BCUT2D eigenvalue weighted by Gasteiger charge is 2.28. The molecule has 0 bridgehead atoms. The summed E-state index contributed by atoms with van der Waals surface area (Å²) in [6.45, 7) is 1.90. The van der Waals surface area contributed by atoms with E-state index in [-0.39, 0.29) is 17.8 Å². The quantitative estimate of drug-likeness (QED) is 0.777. The first-order valence-corrected chi connectivity index (χ1v) is 7.32. The standard InChI is InChI=1S/C16H19NO4/c1-20-16(19)11-4-7-17(8-5-11)15(18)13-2-3-14-12(10-13)6-9-21-14/h2-3,10-11H,4-9H2,1H3. The highest BCUT2D eigenvalue weighted by Crippen LogP contribution is 2.27. The van der Waals surface area contributed by atoms with Crippen molar-refractivity contribution >= 4 is 11.9 Å². The molecule has 0 atom stereocenters. The van der Waals surface area contributed by atoms with Crippen LogP contribution in [0.4, 0.5) is 0 Å². The predicted molar refractivity (Wildman–Crippen MR) is 76.3 cm³/mol. The Morgan fingerprint density at radius 2 is 2.05 bits per heavy atom. The molecular formula is C16H19NO4. The highest BCUT2D eigenvalue weighted by atomic mass is 16.5. The van der Waals surface area contributed by atoms with Crippen LogP contribution >= 0.6 is 0 Å². The summed E-state index contributed by atoms with van der Waals surface area (Å²) in [4.78, 5) is 25.8. The number of nitrogens with zero attached hydrogens (tertiary/aromatic N) is 1. The lowest BCUT2D eigenvalue weighted by Crippen LogP contribution is -2.40. The molecule has 2 heterocycles. The lowest BCUT2D eigenvalue weighted by molar-refractivity contribution is -0.146. The number of fused-ring (bicyclic) bond motifs is 1. The number of carbonyl (C=O) groups excluding carboxylic acids is 2. The molecule has 0 aliphatic carbocycles. The van der Waals surface area contributed by atoms with E-state index in [0.717, 1.165) is 17.7 Å². The molecule has 3 rings (SSSR count). The number of amides is 1. The number of rotatable bonds is 2. The molecule has 0 N–H and O–H groups in total. The molecule has 5 heteroatoms. The van der Waals surface area contributed by atoms with Gasteiger partial charge in [0, 0.05) is 25.1 Å². The zero-order valence-electron chi connectivity index (χ0n) is 12.1. The number of methoxy groups -OCH3 is 1. The van der Waals surface area contributed by atoms with Crippen LogP contribution < -0.4 is 4.74 Å². The minimum Gasteiger partial charge on any atom is -0.493 e. The van der Waals surface area contributed by atoms with E-state index < -0.39 is 0 Å². The monoisotopic (exact) mass is 289 g/mol. The van der Waals surface area contributed by atoms with Crippen LogP contribution in [0.5, 0.6) is 5.75 Å². The van der Waals surface area contributed by atoms with Crippen LogP contribution in [-0.2, 0) is 16.0 Å². The summed E-state index contributed by atoms with van der Waals surface area (Å²) in [5.74, 6) is 0.674. The van der Waals surface area contributed by atoms with Gasteiger partial charge in [0.05, 0.1) is 19.6 Å². The summed E-state index contributed by atoms with van der Waals surface area (Å²) in [5.41, 5.74) is 1.81. The SMILES string of the molecule is COC(=O)C1CCN(C(=O)c2ccc3c(c2)CCO3)CC1. The van der Waals surface area contributed by atoms with E-state index in [9.17, 15) is 9.59 Å². The molecule has 2 aliphatic rings.